The summed E-state index contributed by atoms with van der Waals surface area (Å²) in [6.07, 6.45) is 5.77. The van der Waals surface area contributed by atoms with Crippen LogP contribution in [0.2, 0.25) is 0 Å². The molecule has 0 amide bonds. The van der Waals surface area contributed by atoms with Gasteiger partial charge in [0.1, 0.15) is 0 Å². The van der Waals surface area contributed by atoms with Crippen LogP contribution >= 0.6 is 0 Å². The number of rotatable bonds is 6. The highest BCUT2D eigenvalue weighted by atomic mass is 16.7. The molecule has 2 nitrogen and oxygen atoms in total. The van der Waals surface area contributed by atoms with Crippen molar-refractivity contribution in [2.24, 2.45) is 5.92 Å². The first kappa shape index (κ1) is 19.7. The van der Waals surface area contributed by atoms with Gasteiger partial charge in [0.05, 0.1) is 11.2 Å². The molecule has 1 unspecified atom stereocenters. The lowest BCUT2D eigenvalue weighted by Gasteiger charge is -2.36. The first-order valence-corrected chi connectivity index (χ1v) is 10.9. The molecule has 2 aromatic rings. The molecule has 2 aromatic carbocycles. The molecule has 0 saturated carbocycles. The minimum Gasteiger partial charge on any atom is -0.399 e. The standard InChI is InChI=1S/C25H33BO2/c1-18(2)10-8-9-15-25(5)24(3,4)27-26(28-25)21-13-14-23-20(17-21)16-19-11-6-7-12-22(19)23/h6-7,11-14,17-18H,8-10,15-16H2,1-5H3. The summed E-state index contributed by atoms with van der Waals surface area (Å²) < 4.78 is 13.0. The normalized spacial score (nSPS) is 22.6. The van der Waals surface area contributed by atoms with Crippen LogP contribution in [0.4, 0.5) is 0 Å². The van der Waals surface area contributed by atoms with Crippen molar-refractivity contribution in [3.05, 3.63) is 53.6 Å². The Morgan fingerprint density at radius 1 is 0.929 bits per heavy atom. The maximum atomic E-state index is 6.57. The molecule has 0 N–H and O–H groups in total. The van der Waals surface area contributed by atoms with Gasteiger partial charge in [-0.2, -0.15) is 0 Å². The van der Waals surface area contributed by atoms with Crippen LogP contribution in [0.25, 0.3) is 11.1 Å². The Morgan fingerprint density at radius 2 is 1.68 bits per heavy atom. The molecule has 0 bridgehead atoms. The second-order valence-electron chi connectivity index (χ2n) is 9.70. The molecule has 4 rings (SSSR count). The van der Waals surface area contributed by atoms with Gasteiger partial charge in [0.25, 0.3) is 0 Å². The van der Waals surface area contributed by atoms with Crippen molar-refractivity contribution in [1.82, 2.24) is 0 Å². The summed E-state index contributed by atoms with van der Waals surface area (Å²) in [6, 6.07) is 15.4. The molecular weight excluding hydrogens is 343 g/mol. The van der Waals surface area contributed by atoms with Crippen LogP contribution in [-0.4, -0.2) is 18.3 Å². The summed E-state index contributed by atoms with van der Waals surface area (Å²) in [5.74, 6) is 0.768. The summed E-state index contributed by atoms with van der Waals surface area (Å²) in [6.45, 7) is 11.2. The Kier molecular flexibility index (Phi) is 5.18. The van der Waals surface area contributed by atoms with Crippen LogP contribution in [0.5, 0.6) is 0 Å². The van der Waals surface area contributed by atoms with Gasteiger partial charge in [-0.05, 0) is 67.2 Å². The largest absolute Gasteiger partial charge is 0.494 e. The van der Waals surface area contributed by atoms with E-state index in [2.05, 4.69) is 77.1 Å². The van der Waals surface area contributed by atoms with Crippen molar-refractivity contribution in [2.75, 3.05) is 0 Å². The fraction of sp³-hybridized carbons (Fsp3) is 0.520. The summed E-state index contributed by atoms with van der Waals surface area (Å²) in [7, 11) is -0.279. The highest BCUT2D eigenvalue weighted by Gasteiger charge is 2.54. The average molecular weight is 376 g/mol. The molecule has 28 heavy (non-hydrogen) atoms. The second kappa shape index (κ2) is 7.35. The van der Waals surface area contributed by atoms with Crippen LogP contribution in [0.1, 0.15) is 71.4 Å². The highest BCUT2D eigenvalue weighted by molar-refractivity contribution is 6.62. The molecule has 0 spiro atoms. The Morgan fingerprint density at radius 3 is 2.46 bits per heavy atom. The average Bonchev–Trinajstić information content (AvgIpc) is 3.13. The Bertz CT molecular complexity index is 857. The predicted molar refractivity (Wildman–Crippen MR) is 118 cm³/mol. The fourth-order valence-corrected chi connectivity index (χ4v) is 4.62. The smallest absolute Gasteiger partial charge is 0.399 e. The van der Waals surface area contributed by atoms with Crippen molar-refractivity contribution in [1.29, 1.82) is 0 Å². The molecule has 0 aromatic heterocycles. The van der Waals surface area contributed by atoms with E-state index >= 15 is 0 Å². The van der Waals surface area contributed by atoms with E-state index in [1.165, 1.54) is 41.5 Å². The van der Waals surface area contributed by atoms with E-state index in [1.54, 1.807) is 0 Å². The van der Waals surface area contributed by atoms with Gasteiger partial charge in [-0.15, -0.1) is 0 Å². The molecule has 3 heteroatoms. The molecule has 1 heterocycles. The van der Waals surface area contributed by atoms with Crippen molar-refractivity contribution in [2.45, 2.75) is 77.9 Å². The molecular formula is C25H33BO2. The minimum absolute atomic E-state index is 0.253. The monoisotopic (exact) mass is 376 g/mol. The van der Waals surface area contributed by atoms with Crippen molar-refractivity contribution in [3.8, 4) is 11.1 Å². The molecule has 0 radical (unpaired) electrons. The molecule has 2 aliphatic rings. The zero-order valence-electron chi connectivity index (χ0n) is 18.0. The Balaban J connectivity index is 1.49. The Hall–Kier alpha value is -1.58. The van der Waals surface area contributed by atoms with Crippen LogP contribution in [0.3, 0.4) is 0 Å². The number of hydrogen-bond donors (Lipinski definition) is 0. The molecule has 1 atom stereocenters. The number of unbranched alkanes of at least 4 members (excludes halogenated alkanes) is 1. The van der Waals surface area contributed by atoms with Crippen molar-refractivity contribution >= 4 is 12.6 Å². The van der Waals surface area contributed by atoms with Gasteiger partial charge < -0.3 is 9.31 Å². The summed E-state index contributed by atoms with van der Waals surface area (Å²) in [5, 5.41) is 0. The molecule has 1 saturated heterocycles. The van der Waals surface area contributed by atoms with Gasteiger partial charge in [-0.25, -0.2) is 0 Å². The predicted octanol–water partition coefficient (Wildman–Crippen LogP) is 5.75. The summed E-state index contributed by atoms with van der Waals surface area (Å²) >= 11 is 0. The first-order valence-electron chi connectivity index (χ1n) is 10.9. The highest BCUT2D eigenvalue weighted by Crippen LogP contribution is 2.41. The number of hydrogen-bond acceptors (Lipinski definition) is 2. The van der Waals surface area contributed by atoms with Crippen LogP contribution in [0, 0.1) is 5.92 Å². The zero-order chi connectivity index (χ0) is 19.9. The molecule has 1 aliphatic heterocycles. The third-order valence-electron chi connectivity index (χ3n) is 6.82. The number of fused-ring (bicyclic) bond motifs is 3. The van der Waals surface area contributed by atoms with Crippen LogP contribution in [-0.2, 0) is 15.7 Å². The van der Waals surface area contributed by atoms with Gasteiger partial charge >= 0.3 is 7.12 Å². The van der Waals surface area contributed by atoms with E-state index in [1.807, 2.05) is 0 Å². The maximum Gasteiger partial charge on any atom is 0.494 e. The fourth-order valence-electron chi connectivity index (χ4n) is 4.62. The van der Waals surface area contributed by atoms with E-state index < -0.39 is 0 Å². The van der Waals surface area contributed by atoms with Gasteiger partial charge in [-0.1, -0.05) is 75.6 Å². The summed E-state index contributed by atoms with van der Waals surface area (Å²) in [5.41, 5.74) is 6.12. The van der Waals surface area contributed by atoms with E-state index in [0.717, 1.165) is 24.2 Å². The quantitative estimate of drug-likeness (QED) is 0.403. The van der Waals surface area contributed by atoms with E-state index in [4.69, 9.17) is 9.31 Å². The van der Waals surface area contributed by atoms with Gasteiger partial charge in [0, 0.05) is 0 Å². The van der Waals surface area contributed by atoms with Crippen LogP contribution < -0.4 is 5.46 Å². The Labute approximate surface area is 170 Å². The van der Waals surface area contributed by atoms with Crippen molar-refractivity contribution in [3.63, 3.8) is 0 Å². The summed E-state index contributed by atoms with van der Waals surface area (Å²) in [4.78, 5) is 0. The SMILES string of the molecule is CC(C)CCCCC1(C)OB(c2ccc3c(c2)Cc2ccccc2-3)OC1(C)C. The first-order chi connectivity index (χ1) is 13.3. The van der Waals surface area contributed by atoms with Crippen molar-refractivity contribution < 1.29 is 9.31 Å². The third kappa shape index (κ3) is 3.55. The van der Waals surface area contributed by atoms with Gasteiger partial charge in [-0.3, -0.25) is 0 Å². The lowest BCUT2D eigenvalue weighted by atomic mass is 9.77. The number of benzene rings is 2. The maximum absolute atomic E-state index is 6.57. The van der Waals surface area contributed by atoms with E-state index in [-0.39, 0.29) is 18.3 Å². The third-order valence-corrected chi connectivity index (χ3v) is 6.82. The zero-order valence-corrected chi connectivity index (χ0v) is 18.0. The molecule has 1 fully saturated rings. The van der Waals surface area contributed by atoms with Gasteiger partial charge in [0.2, 0.25) is 0 Å². The molecule has 148 valence electrons. The topological polar surface area (TPSA) is 18.5 Å². The van der Waals surface area contributed by atoms with Crippen LogP contribution in [0.15, 0.2) is 42.5 Å². The van der Waals surface area contributed by atoms with E-state index in [0.29, 0.717) is 0 Å². The second-order valence-corrected chi connectivity index (χ2v) is 9.70. The van der Waals surface area contributed by atoms with E-state index in [9.17, 15) is 0 Å². The lowest BCUT2D eigenvalue weighted by Crippen LogP contribution is -2.44. The van der Waals surface area contributed by atoms with Gasteiger partial charge in [0.15, 0.2) is 0 Å². The molecule has 1 aliphatic carbocycles. The lowest BCUT2D eigenvalue weighted by molar-refractivity contribution is -0.0173. The minimum atomic E-state index is -0.294.